The number of anilines is 2. The number of carbonyl (C=O) groups is 2. The van der Waals surface area contributed by atoms with Crippen molar-refractivity contribution in [2.75, 3.05) is 23.7 Å². The number of likely N-dealkylation sites (tertiary alicyclic amines) is 1. The van der Waals surface area contributed by atoms with E-state index >= 15 is 0 Å². The molecule has 174 valence electrons. The summed E-state index contributed by atoms with van der Waals surface area (Å²) in [6.07, 6.45) is 2.49. The smallest absolute Gasteiger partial charge is 0.347 e. The largest absolute Gasteiger partial charge is 0.477 e. The molecule has 34 heavy (non-hydrogen) atoms. The number of hydrogen-bond donors (Lipinski definition) is 3. The Morgan fingerprint density at radius 2 is 2.09 bits per heavy atom. The average Bonchev–Trinajstić information content (AvgIpc) is 3.54. The second kappa shape index (κ2) is 8.71. The highest BCUT2D eigenvalue weighted by molar-refractivity contribution is 7.17. The molecule has 0 saturated carbocycles. The minimum Gasteiger partial charge on any atom is -0.477 e. The van der Waals surface area contributed by atoms with Crippen molar-refractivity contribution in [2.45, 2.75) is 26.3 Å². The third-order valence-electron chi connectivity index (χ3n) is 5.57. The van der Waals surface area contributed by atoms with Gasteiger partial charge in [-0.3, -0.25) is 5.32 Å². The Hall–Kier alpha value is -4.06. The van der Waals surface area contributed by atoms with Gasteiger partial charge in [0.15, 0.2) is 5.13 Å². The molecule has 0 bridgehead atoms. The second-order valence-electron chi connectivity index (χ2n) is 7.98. The molecule has 1 atom stereocenters. The molecule has 0 radical (unpaired) electrons. The van der Waals surface area contributed by atoms with Crippen LogP contribution in [0.1, 0.15) is 27.7 Å². The molecule has 1 aliphatic rings. The lowest BCUT2D eigenvalue weighted by Crippen LogP contribution is -2.35. The zero-order chi connectivity index (χ0) is 23.8. The molecule has 1 aromatic carbocycles. The lowest BCUT2D eigenvalue weighted by atomic mass is 10.1. The fraction of sp³-hybridized carbons (Fsp3) is 0.273. The van der Waals surface area contributed by atoms with E-state index in [1.54, 1.807) is 24.9 Å². The normalized spacial score (nSPS) is 15.6. The highest BCUT2D eigenvalue weighted by atomic mass is 32.1. The van der Waals surface area contributed by atoms with Crippen LogP contribution in [0.25, 0.3) is 22.2 Å². The number of carboxylic acids is 1. The van der Waals surface area contributed by atoms with Gasteiger partial charge in [0.2, 0.25) is 11.7 Å². The van der Waals surface area contributed by atoms with Crippen LogP contribution in [0.2, 0.25) is 0 Å². The molecule has 3 N–H and O–H groups in total. The van der Waals surface area contributed by atoms with Gasteiger partial charge in [0.05, 0.1) is 5.69 Å². The second-order valence-corrected chi connectivity index (χ2v) is 8.98. The number of aromatic carboxylic acids is 1. The first kappa shape index (κ1) is 21.8. The monoisotopic (exact) mass is 479 g/mol. The van der Waals surface area contributed by atoms with Crippen LogP contribution in [0.3, 0.4) is 0 Å². The zero-order valence-electron chi connectivity index (χ0n) is 18.4. The van der Waals surface area contributed by atoms with Gasteiger partial charge in [0, 0.05) is 43.2 Å². The Balaban J connectivity index is 1.29. The molecular weight excluding hydrogens is 458 g/mol. The molecule has 1 aliphatic heterocycles. The lowest BCUT2D eigenvalue weighted by molar-refractivity contribution is 0.0701. The summed E-state index contributed by atoms with van der Waals surface area (Å²) in [6, 6.07) is 7.52. The predicted octanol–water partition coefficient (Wildman–Crippen LogP) is 3.77. The minimum absolute atomic E-state index is 0.00698. The third-order valence-corrected chi connectivity index (χ3v) is 6.63. The van der Waals surface area contributed by atoms with Gasteiger partial charge in [-0.05, 0) is 30.9 Å². The molecule has 0 spiro atoms. The first-order chi connectivity index (χ1) is 16.4. The van der Waals surface area contributed by atoms with E-state index in [0.717, 1.165) is 34.1 Å². The van der Waals surface area contributed by atoms with Crippen molar-refractivity contribution in [3.05, 3.63) is 46.9 Å². The van der Waals surface area contributed by atoms with Crippen LogP contribution in [-0.4, -0.2) is 61.2 Å². The molecule has 4 heterocycles. The quantitative estimate of drug-likeness (QED) is 0.389. The number of thiazole rings is 1. The third kappa shape index (κ3) is 4.27. The molecule has 3 aromatic heterocycles. The highest BCUT2D eigenvalue weighted by Gasteiger charge is 2.28. The van der Waals surface area contributed by atoms with Gasteiger partial charge in [0.1, 0.15) is 10.7 Å². The molecule has 0 unspecified atom stereocenters. The van der Waals surface area contributed by atoms with Crippen molar-refractivity contribution in [1.29, 1.82) is 0 Å². The van der Waals surface area contributed by atoms with E-state index in [-0.39, 0.29) is 22.1 Å². The number of urea groups is 1. The molecule has 4 aromatic rings. The van der Waals surface area contributed by atoms with Crippen molar-refractivity contribution in [1.82, 2.24) is 25.0 Å². The van der Waals surface area contributed by atoms with E-state index in [1.165, 1.54) is 0 Å². The number of nitrogens with zero attached hydrogens (tertiary/aromatic N) is 5. The minimum atomic E-state index is -1.05. The molecule has 1 saturated heterocycles. The van der Waals surface area contributed by atoms with E-state index in [4.69, 9.17) is 4.52 Å². The van der Waals surface area contributed by atoms with Crippen LogP contribution in [0.5, 0.6) is 0 Å². The first-order valence-electron chi connectivity index (χ1n) is 10.6. The van der Waals surface area contributed by atoms with Crippen molar-refractivity contribution >= 4 is 45.1 Å². The van der Waals surface area contributed by atoms with Crippen molar-refractivity contribution in [2.24, 2.45) is 0 Å². The summed E-state index contributed by atoms with van der Waals surface area (Å²) in [5.74, 6) is 0.673. The Morgan fingerprint density at radius 3 is 2.82 bits per heavy atom. The van der Waals surface area contributed by atoms with Crippen molar-refractivity contribution in [3.8, 4) is 11.4 Å². The summed E-state index contributed by atoms with van der Waals surface area (Å²) in [6.45, 7) is 4.38. The summed E-state index contributed by atoms with van der Waals surface area (Å²) < 4.78 is 5.10. The number of carboxylic acid groups (broad SMARTS) is 1. The zero-order valence-corrected chi connectivity index (χ0v) is 19.2. The summed E-state index contributed by atoms with van der Waals surface area (Å²) >= 11 is 0.949. The van der Waals surface area contributed by atoms with Crippen LogP contribution < -0.4 is 10.6 Å². The van der Waals surface area contributed by atoms with E-state index in [0.29, 0.717) is 36.3 Å². The van der Waals surface area contributed by atoms with Crippen LogP contribution in [0.4, 0.5) is 15.7 Å². The number of hydrogen-bond acceptors (Lipinski definition) is 9. The Kier molecular flexibility index (Phi) is 5.57. The maximum atomic E-state index is 12.7. The molecule has 1 fully saturated rings. The lowest BCUT2D eigenvalue weighted by Gasteiger charge is -2.18. The number of benzene rings is 1. The first-order valence-corrected chi connectivity index (χ1v) is 11.4. The molecule has 12 heteroatoms. The molecular formula is C22H21N7O4S. The van der Waals surface area contributed by atoms with Crippen LogP contribution in [-0.2, 0) is 0 Å². The Bertz CT molecular complexity index is 1400. The maximum absolute atomic E-state index is 12.7. The predicted molar refractivity (Wildman–Crippen MR) is 126 cm³/mol. The molecule has 5 rings (SSSR count). The van der Waals surface area contributed by atoms with Crippen LogP contribution >= 0.6 is 11.3 Å². The number of rotatable bonds is 5. The van der Waals surface area contributed by atoms with Crippen molar-refractivity contribution < 1.29 is 19.2 Å². The van der Waals surface area contributed by atoms with E-state index in [2.05, 4.69) is 30.7 Å². The van der Waals surface area contributed by atoms with Crippen LogP contribution in [0.15, 0.2) is 35.0 Å². The van der Waals surface area contributed by atoms with E-state index in [1.807, 2.05) is 24.3 Å². The molecule has 11 nitrogen and oxygen atoms in total. The topological polar surface area (TPSA) is 146 Å². The number of fused-ring (bicyclic) bond motifs is 1. The highest BCUT2D eigenvalue weighted by Crippen LogP contribution is 2.28. The van der Waals surface area contributed by atoms with Gasteiger partial charge in [-0.1, -0.05) is 28.6 Å². The SMILES string of the molecule is Cc1nc(-c2ccc3ccnc(N[C@H]4CCN(C(=O)Nc5nc(C)c(C(=O)O)s5)C4)c3c2)no1. The number of carbonyl (C=O) groups excluding carboxylic acids is 1. The van der Waals surface area contributed by atoms with Gasteiger partial charge in [-0.2, -0.15) is 4.98 Å². The number of aryl methyl sites for hydroxylation is 2. The summed E-state index contributed by atoms with van der Waals surface area (Å²) in [4.78, 5) is 38.6. The maximum Gasteiger partial charge on any atom is 0.347 e. The van der Waals surface area contributed by atoms with Gasteiger partial charge < -0.3 is 19.8 Å². The van der Waals surface area contributed by atoms with E-state index < -0.39 is 5.97 Å². The van der Waals surface area contributed by atoms with E-state index in [9.17, 15) is 14.7 Å². The van der Waals surface area contributed by atoms with Gasteiger partial charge >= 0.3 is 12.0 Å². The van der Waals surface area contributed by atoms with Gasteiger partial charge in [0.25, 0.3) is 0 Å². The number of aromatic nitrogens is 4. The van der Waals surface area contributed by atoms with Crippen LogP contribution in [0, 0.1) is 13.8 Å². The molecule has 0 aliphatic carbocycles. The molecule has 2 amide bonds. The Morgan fingerprint density at radius 1 is 1.24 bits per heavy atom. The summed E-state index contributed by atoms with van der Waals surface area (Å²) in [5, 5.41) is 21.5. The fourth-order valence-corrected chi connectivity index (χ4v) is 4.71. The fourth-order valence-electron chi connectivity index (χ4n) is 3.91. The van der Waals surface area contributed by atoms with Gasteiger partial charge in [-0.15, -0.1) is 0 Å². The Labute approximate surface area is 197 Å². The summed E-state index contributed by atoms with van der Waals surface area (Å²) in [7, 11) is 0. The average molecular weight is 480 g/mol. The van der Waals surface area contributed by atoms with Crippen molar-refractivity contribution in [3.63, 3.8) is 0 Å². The number of pyridine rings is 1. The van der Waals surface area contributed by atoms with Gasteiger partial charge in [-0.25, -0.2) is 19.6 Å². The number of nitrogens with one attached hydrogen (secondary N) is 2. The number of amides is 2. The summed E-state index contributed by atoms with van der Waals surface area (Å²) in [5.41, 5.74) is 1.21. The standard InChI is InChI=1S/C22H21N7O4S/c1-11-17(20(30)31)34-21(24-11)27-22(32)29-8-6-15(10-29)26-19-16-9-14(18-25-12(2)33-28-18)4-3-13(16)5-7-23-19/h3-5,7,9,15H,6,8,10H2,1-2H3,(H,23,26)(H,30,31)(H,24,27,32)/t15-/m0/s1.